The van der Waals surface area contributed by atoms with E-state index in [9.17, 15) is 0 Å². The van der Waals surface area contributed by atoms with Crippen LogP contribution in [0.1, 0.15) is 57.8 Å². The molecule has 0 amide bonds. The van der Waals surface area contributed by atoms with E-state index in [1.807, 2.05) is 0 Å². The second kappa shape index (κ2) is 4.89. The van der Waals surface area contributed by atoms with Gasteiger partial charge in [-0.3, -0.25) is 0 Å². The van der Waals surface area contributed by atoms with Crippen molar-refractivity contribution in [3.05, 3.63) is 0 Å². The maximum Gasteiger partial charge on any atom is 0.00390 e. The Labute approximate surface area is 106 Å². The van der Waals surface area contributed by atoms with Crippen LogP contribution >= 0.6 is 0 Å². The number of nitrogens with zero attached hydrogens (tertiary/aromatic N) is 1. The molecule has 2 saturated carbocycles. The monoisotopic (exact) mass is 236 g/mol. The fourth-order valence-corrected chi connectivity index (χ4v) is 4.45. The van der Waals surface area contributed by atoms with Crippen molar-refractivity contribution in [1.29, 1.82) is 0 Å². The van der Waals surface area contributed by atoms with Gasteiger partial charge in [-0.15, -0.1) is 0 Å². The maximum absolute atomic E-state index is 5.99. The van der Waals surface area contributed by atoms with Gasteiger partial charge in [0.1, 0.15) is 0 Å². The molecule has 0 aromatic carbocycles. The van der Waals surface area contributed by atoms with Crippen molar-refractivity contribution < 1.29 is 0 Å². The standard InChI is InChI=1S/C15H28N2/c16-14-5-3-13(4-6-14)11-17-10-9-15(12-17)7-1-2-8-15/h13-14H,1-12,16H2. The molecule has 0 unspecified atom stereocenters. The largest absolute Gasteiger partial charge is 0.328 e. The van der Waals surface area contributed by atoms with Crippen LogP contribution in [0.2, 0.25) is 0 Å². The van der Waals surface area contributed by atoms with Crippen molar-refractivity contribution in [3.8, 4) is 0 Å². The molecule has 0 radical (unpaired) electrons. The highest BCUT2D eigenvalue weighted by Gasteiger charge is 2.40. The molecule has 0 bridgehead atoms. The highest BCUT2D eigenvalue weighted by Crippen LogP contribution is 2.45. The van der Waals surface area contributed by atoms with Gasteiger partial charge in [-0.1, -0.05) is 12.8 Å². The van der Waals surface area contributed by atoms with Gasteiger partial charge in [-0.05, 0) is 62.8 Å². The minimum atomic E-state index is 0.506. The van der Waals surface area contributed by atoms with Crippen LogP contribution in [0.3, 0.4) is 0 Å². The third-order valence-corrected chi connectivity index (χ3v) is 5.59. The van der Waals surface area contributed by atoms with Crippen LogP contribution in [0.5, 0.6) is 0 Å². The Morgan fingerprint density at radius 2 is 1.71 bits per heavy atom. The van der Waals surface area contributed by atoms with Gasteiger partial charge in [0, 0.05) is 19.1 Å². The molecular weight excluding hydrogens is 208 g/mol. The van der Waals surface area contributed by atoms with Crippen molar-refractivity contribution in [1.82, 2.24) is 4.90 Å². The molecule has 3 aliphatic rings. The molecule has 17 heavy (non-hydrogen) atoms. The first-order chi connectivity index (χ1) is 8.26. The number of rotatable bonds is 2. The lowest BCUT2D eigenvalue weighted by molar-refractivity contribution is 0.200. The first kappa shape index (κ1) is 12.0. The van der Waals surface area contributed by atoms with Crippen LogP contribution in [-0.2, 0) is 0 Å². The minimum absolute atomic E-state index is 0.506. The molecule has 3 fully saturated rings. The van der Waals surface area contributed by atoms with Crippen LogP contribution in [0, 0.1) is 11.3 Å². The van der Waals surface area contributed by atoms with E-state index >= 15 is 0 Å². The van der Waals surface area contributed by atoms with Gasteiger partial charge in [-0.2, -0.15) is 0 Å². The van der Waals surface area contributed by atoms with Crippen LogP contribution < -0.4 is 5.73 Å². The Hall–Kier alpha value is -0.0800. The molecule has 1 saturated heterocycles. The smallest absolute Gasteiger partial charge is 0.00390 e. The molecule has 0 atom stereocenters. The fraction of sp³-hybridized carbons (Fsp3) is 1.00. The van der Waals surface area contributed by atoms with Gasteiger partial charge < -0.3 is 10.6 Å². The van der Waals surface area contributed by atoms with Crippen molar-refractivity contribution in [2.24, 2.45) is 17.1 Å². The Kier molecular flexibility index (Phi) is 3.45. The van der Waals surface area contributed by atoms with E-state index in [1.165, 1.54) is 77.4 Å². The van der Waals surface area contributed by atoms with Crippen molar-refractivity contribution in [2.75, 3.05) is 19.6 Å². The third kappa shape index (κ3) is 2.68. The molecule has 2 aliphatic carbocycles. The zero-order valence-corrected chi connectivity index (χ0v) is 11.2. The molecule has 1 heterocycles. The summed E-state index contributed by atoms with van der Waals surface area (Å²) in [6.45, 7) is 4.16. The first-order valence-corrected chi connectivity index (χ1v) is 7.74. The average molecular weight is 236 g/mol. The first-order valence-electron chi connectivity index (χ1n) is 7.74. The summed E-state index contributed by atoms with van der Waals surface area (Å²) in [4.78, 5) is 2.77. The Balaban J connectivity index is 1.47. The summed E-state index contributed by atoms with van der Waals surface area (Å²) in [5, 5.41) is 0. The summed E-state index contributed by atoms with van der Waals surface area (Å²) in [6, 6.07) is 0.506. The second-order valence-electron chi connectivity index (χ2n) is 6.97. The lowest BCUT2D eigenvalue weighted by atomic mass is 9.85. The van der Waals surface area contributed by atoms with E-state index in [0.717, 1.165) is 11.3 Å². The second-order valence-corrected chi connectivity index (χ2v) is 6.97. The third-order valence-electron chi connectivity index (χ3n) is 5.59. The average Bonchev–Trinajstić information content (AvgIpc) is 2.94. The molecule has 1 spiro atoms. The lowest BCUT2D eigenvalue weighted by Gasteiger charge is -2.30. The predicted octanol–water partition coefficient (Wildman–Crippen LogP) is 2.77. The van der Waals surface area contributed by atoms with Crippen molar-refractivity contribution in [3.63, 3.8) is 0 Å². The van der Waals surface area contributed by atoms with Gasteiger partial charge in [0.2, 0.25) is 0 Å². The summed E-state index contributed by atoms with van der Waals surface area (Å²) < 4.78 is 0. The SMILES string of the molecule is NC1CCC(CN2CCC3(CCCC3)C2)CC1. The number of likely N-dealkylation sites (tertiary alicyclic amines) is 1. The van der Waals surface area contributed by atoms with E-state index in [-0.39, 0.29) is 0 Å². The molecule has 98 valence electrons. The van der Waals surface area contributed by atoms with E-state index in [2.05, 4.69) is 4.90 Å². The number of hydrogen-bond acceptors (Lipinski definition) is 2. The van der Waals surface area contributed by atoms with Gasteiger partial charge >= 0.3 is 0 Å². The normalized spacial score (nSPS) is 37.9. The lowest BCUT2D eigenvalue weighted by Crippen LogP contribution is -2.34. The Morgan fingerprint density at radius 3 is 2.41 bits per heavy atom. The summed E-state index contributed by atoms with van der Waals surface area (Å²) in [5.74, 6) is 0.950. The van der Waals surface area contributed by atoms with E-state index in [4.69, 9.17) is 5.73 Å². The van der Waals surface area contributed by atoms with Gasteiger partial charge in [0.25, 0.3) is 0 Å². The van der Waals surface area contributed by atoms with E-state index < -0.39 is 0 Å². The Bertz CT molecular complexity index is 250. The molecule has 0 aromatic heterocycles. The summed E-state index contributed by atoms with van der Waals surface area (Å²) in [6.07, 6.45) is 12.8. The molecule has 1 aliphatic heterocycles. The number of nitrogens with two attached hydrogens (primary N) is 1. The van der Waals surface area contributed by atoms with Crippen molar-refractivity contribution in [2.45, 2.75) is 63.8 Å². The van der Waals surface area contributed by atoms with E-state index in [1.54, 1.807) is 0 Å². The molecule has 3 rings (SSSR count). The predicted molar refractivity (Wildman–Crippen MR) is 71.9 cm³/mol. The van der Waals surface area contributed by atoms with Crippen LogP contribution in [0.4, 0.5) is 0 Å². The van der Waals surface area contributed by atoms with Gasteiger partial charge in [0.15, 0.2) is 0 Å². The molecule has 2 N–H and O–H groups in total. The minimum Gasteiger partial charge on any atom is -0.328 e. The number of hydrogen-bond donors (Lipinski definition) is 1. The summed E-state index contributed by atoms with van der Waals surface area (Å²) >= 11 is 0. The molecule has 2 nitrogen and oxygen atoms in total. The summed E-state index contributed by atoms with van der Waals surface area (Å²) in [5.41, 5.74) is 6.74. The van der Waals surface area contributed by atoms with Crippen LogP contribution in [-0.4, -0.2) is 30.6 Å². The zero-order chi connectivity index (χ0) is 11.7. The zero-order valence-electron chi connectivity index (χ0n) is 11.2. The highest BCUT2D eigenvalue weighted by atomic mass is 15.2. The van der Waals surface area contributed by atoms with Gasteiger partial charge in [0.05, 0.1) is 0 Å². The fourth-order valence-electron chi connectivity index (χ4n) is 4.45. The Morgan fingerprint density at radius 1 is 1.00 bits per heavy atom. The van der Waals surface area contributed by atoms with Crippen molar-refractivity contribution >= 4 is 0 Å². The molecule has 2 heteroatoms. The highest BCUT2D eigenvalue weighted by molar-refractivity contribution is 4.93. The summed E-state index contributed by atoms with van der Waals surface area (Å²) in [7, 11) is 0. The van der Waals surface area contributed by atoms with Gasteiger partial charge in [-0.25, -0.2) is 0 Å². The topological polar surface area (TPSA) is 29.3 Å². The molecular formula is C15H28N2. The molecule has 0 aromatic rings. The maximum atomic E-state index is 5.99. The quantitative estimate of drug-likeness (QED) is 0.799. The van der Waals surface area contributed by atoms with Crippen LogP contribution in [0.15, 0.2) is 0 Å². The van der Waals surface area contributed by atoms with Crippen LogP contribution in [0.25, 0.3) is 0 Å². The van der Waals surface area contributed by atoms with E-state index in [0.29, 0.717) is 6.04 Å².